The standard InChI is InChI=1S/C13H10N6/c14-6-9-11(18-13(16)19-12(9)15)8-1-2-10-7(5-8)3-4-17-10/h1-5,17H,(H4,15,16,18,19). The van der Waals surface area contributed by atoms with E-state index < -0.39 is 0 Å². The maximum atomic E-state index is 9.17. The molecule has 5 N–H and O–H groups in total. The molecule has 0 saturated heterocycles. The maximum Gasteiger partial charge on any atom is 0.222 e. The predicted molar refractivity (Wildman–Crippen MR) is 72.9 cm³/mol. The fourth-order valence-corrected chi connectivity index (χ4v) is 2.02. The van der Waals surface area contributed by atoms with Crippen molar-refractivity contribution in [3.8, 4) is 17.3 Å². The molecule has 0 spiro atoms. The van der Waals surface area contributed by atoms with Crippen LogP contribution in [0.2, 0.25) is 0 Å². The fourth-order valence-electron chi connectivity index (χ4n) is 2.02. The highest BCUT2D eigenvalue weighted by atomic mass is 15.0. The Labute approximate surface area is 108 Å². The number of nitrogens with one attached hydrogen (secondary N) is 1. The SMILES string of the molecule is N#Cc1c(N)nc(N)nc1-c1ccc2[nH]ccc2c1. The first kappa shape index (κ1) is 11.0. The summed E-state index contributed by atoms with van der Waals surface area (Å²) < 4.78 is 0. The molecule has 6 heteroatoms. The first-order valence-electron chi connectivity index (χ1n) is 5.59. The van der Waals surface area contributed by atoms with Crippen LogP contribution >= 0.6 is 0 Å². The highest BCUT2D eigenvalue weighted by Crippen LogP contribution is 2.27. The van der Waals surface area contributed by atoms with Crippen LogP contribution in [-0.2, 0) is 0 Å². The van der Waals surface area contributed by atoms with Gasteiger partial charge >= 0.3 is 0 Å². The minimum absolute atomic E-state index is 0.0562. The Bertz CT molecular complexity index is 812. The molecule has 3 aromatic rings. The minimum Gasteiger partial charge on any atom is -0.382 e. The van der Waals surface area contributed by atoms with Crippen LogP contribution in [0.1, 0.15) is 5.56 Å². The minimum atomic E-state index is 0.0562. The number of anilines is 2. The number of rotatable bonds is 1. The number of aromatic amines is 1. The van der Waals surface area contributed by atoms with Crippen LogP contribution < -0.4 is 11.5 Å². The van der Waals surface area contributed by atoms with Gasteiger partial charge in [-0.15, -0.1) is 0 Å². The van der Waals surface area contributed by atoms with Gasteiger partial charge in [-0.2, -0.15) is 10.2 Å². The molecule has 0 atom stereocenters. The maximum absolute atomic E-state index is 9.17. The molecular weight excluding hydrogens is 240 g/mol. The lowest BCUT2D eigenvalue weighted by Crippen LogP contribution is -2.04. The largest absolute Gasteiger partial charge is 0.382 e. The second kappa shape index (κ2) is 3.99. The van der Waals surface area contributed by atoms with Crippen molar-refractivity contribution < 1.29 is 0 Å². The van der Waals surface area contributed by atoms with Crippen molar-refractivity contribution in [2.24, 2.45) is 0 Å². The summed E-state index contributed by atoms with van der Waals surface area (Å²) in [6.45, 7) is 0. The van der Waals surface area contributed by atoms with Crippen LogP contribution in [0.15, 0.2) is 30.5 Å². The average molecular weight is 250 g/mol. The summed E-state index contributed by atoms with van der Waals surface area (Å²) in [6.07, 6.45) is 1.85. The summed E-state index contributed by atoms with van der Waals surface area (Å²) in [6, 6.07) is 9.66. The van der Waals surface area contributed by atoms with E-state index in [4.69, 9.17) is 16.7 Å². The van der Waals surface area contributed by atoms with E-state index in [0.717, 1.165) is 16.5 Å². The fraction of sp³-hybridized carbons (Fsp3) is 0. The van der Waals surface area contributed by atoms with E-state index >= 15 is 0 Å². The lowest BCUT2D eigenvalue weighted by Gasteiger charge is -2.06. The molecular formula is C13H10N6. The third-order valence-electron chi connectivity index (χ3n) is 2.89. The summed E-state index contributed by atoms with van der Waals surface area (Å²) in [7, 11) is 0. The van der Waals surface area contributed by atoms with E-state index in [9.17, 15) is 0 Å². The van der Waals surface area contributed by atoms with Crippen LogP contribution in [0.5, 0.6) is 0 Å². The molecule has 0 radical (unpaired) electrons. The van der Waals surface area contributed by atoms with E-state index in [1.165, 1.54) is 0 Å². The van der Waals surface area contributed by atoms with Crippen LogP contribution in [-0.4, -0.2) is 15.0 Å². The number of nitrogens with zero attached hydrogens (tertiary/aromatic N) is 3. The second-order valence-electron chi connectivity index (χ2n) is 4.08. The van der Waals surface area contributed by atoms with Gasteiger partial charge in [0.2, 0.25) is 5.95 Å². The van der Waals surface area contributed by atoms with Gasteiger partial charge < -0.3 is 16.5 Å². The lowest BCUT2D eigenvalue weighted by molar-refractivity contribution is 1.18. The number of nitrogen functional groups attached to an aromatic ring is 2. The van der Waals surface area contributed by atoms with Crippen LogP contribution in [0.3, 0.4) is 0 Å². The molecule has 0 aliphatic rings. The third-order valence-corrected chi connectivity index (χ3v) is 2.89. The third kappa shape index (κ3) is 1.73. The van der Waals surface area contributed by atoms with E-state index in [1.807, 2.05) is 36.5 Å². The van der Waals surface area contributed by atoms with Crippen LogP contribution in [0, 0.1) is 11.3 Å². The zero-order valence-corrected chi connectivity index (χ0v) is 9.88. The van der Waals surface area contributed by atoms with Gasteiger partial charge in [-0.1, -0.05) is 6.07 Å². The van der Waals surface area contributed by atoms with Gasteiger partial charge in [0.25, 0.3) is 0 Å². The molecule has 0 fully saturated rings. The van der Waals surface area contributed by atoms with Crippen molar-refractivity contribution in [1.29, 1.82) is 5.26 Å². The molecule has 0 saturated carbocycles. The van der Waals surface area contributed by atoms with Gasteiger partial charge in [-0.25, -0.2) is 4.98 Å². The number of benzene rings is 1. The molecule has 19 heavy (non-hydrogen) atoms. The van der Waals surface area contributed by atoms with Gasteiger partial charge in [0.15, 0.2) is 0 Å². The molecule has 1 aromatic carbocycles. The van der Waals surface area contributed by atoms with E-state index in [2.05, 4.69) is 15.0 Å². The zero-order valence-electron chi connectivity index (χ0n) is 9.88. The molecule has 92 valence electrons. The molecule has 0 aliphatic carbocycles. The monoisotopic (exact) mass is 250 g/mol. The van der Waals surface area contributed by atoms with Gasteiger partial charge in [-0.3, -0.25) is 0 Å². The number of hydrogen-bond donors (Lipinski definition) is 3. The molecule has 0 bridgehead atoms. The van der Waals surface area contributed by atoms with Crippen molar-refractivity contribution in [1.82, 2.24) is 15.0 Å². The van der Waals surface area contributed by atoms with Crippen molar-refractivity contribution in [3.05, 3.63) is 36.0 Å². The molecule has 0 aliphatic heterocycles. The number of H-pyrrole nitrogens is 1. The van der Waals surface area contributed by atoms with Gasteiger partial charge in [0.05, 0.1) is 5.69 Å². The topological polar surface area (TPSA) is 117 Å². The molecule has 3 rings (SSSR count). The van der Waals surface area contributed by atoms with Crippen molar-refractivity contribution in [2.45, 2.75) is 0 Å². The predicted octanol–water partition coefficient (Wildman–Crippen LogP) is 1.66. The van der Waals surface area contributed by atoms with Gasteiger partial charge in [0, 0.05) is 22.7 Å². The summed E-state index contributed by atoms with van der Waals surface area (Å²) >= 11 is 0. The Hall–Kier alpha value is -3.07. The van der Waals surface area contributed by atoms with Crippen LogP contribution in [0.25, 0.3) is 22.2 Å². The lowest BCUT2D eigenvalue weighted by atomic mass is 10.1. The number of fused-ring (bicyclic) bond motifs is 1. The number of aromatic nitrogens is 3. The zero-order chi connectivity index (χ0) is 13.4. The average Bonchev–Trinajstić information content (AvgIpc) is 2.85. The smallest absolute Gasteiger partial charge is 0.222 e. The Morgan fingerprint density at radius 1 is 1.16 bits per heavy atom. The van der Waals surface area contributed by atoms with E-state index in [-0.39, 0.29) is 17.3 Å². The Morgan fingerprint density at radius 2 is 2.00 bits per heavy atom. The quantitative estimate of drug-likeness (QED) is 0.607. The Balaban J connectivity index is 2.28. The molecule has 0 unspecified atom stereocenters. The second-order valence-corrected chi connectivity index (χ2v) is 4.08. The molecule has 2 aromatic heterocycles. The van der Waals surface area contributed by atoms with Crippen molar-refractivity contribution in [3.63, 3.8) is 0 Å². The highest BCUT2D eigenvalue weighted by Gasteiger charge is 2.13. The highest BCUT2D eigenvalue weighted by molar-refractivity contribution is 5.86. The Morgan fingerprint density at radius 3 is 2.79 bits per heavy atom. The summed E-state index contributed by atoms with van der Waals surface area (Å²) in [4.78, 5) is 11.0. The summed E-state index contributed by atoms with van der Waals surface area (Å²) in [5.41, 5.74) is 13.8. The van der Waals surface area contributed by atoms with Crippen molar-refractivity contribution in [2.75, 3.05) is 11.5 Å². The van der Waals surface area contributed by atoms with Crippen LogP contribution in [0.4, 0.5) is 11.8 Å². The number of nitriles is 1. The molecule has 0 amide bonds. The first-order valence-corrected chi connectivity index (χ1v) is 5.59. The Kier molecular flexibility index (Phi) is 2.32. The normalized spacial score (nSPS) is 10.5. The molecule has 2 heterocycles. The van der Waals surface area contributed by atoms with Crippen molar-refractivity contribution >= 4 is 22.7 Å². The van der Waals surface area contributed by atoms with Gasteiger partial charge in [-0.05, 0) is 18.2 Å². The van der Waals surface area contributed by atoms with E-state index in [0.29, 0.717) is 5.69 Å². The first-order chi connectivity index (χ1) is 9.19. The van der Waals surface area contributed by atoms with E-state index in [1.54, 1.807) is 0 Å². The molecule has 6 nitrogen and oxygen atoms in total. The number of nitrogens with two attached hydrogens (primary N) is 2. The summed E-state index contributed by atoms with van der Waals surface area (Å²) in [5.74, 6) is 0.153. The number of hydrogen-bond acceptors (Lipinski definition) is 5. The van der Waals surface area contributed by atoms with Gasteiger partial charge in [0.1, 0.15) is 17.5 Å². The summed E-state index contributed by atoms with van der Waals surface area (Å²) in [5, 5.41) is 10.2.